The molecule has 1 aliphatic heterocycles. The van der Waals surface area contributed by atoms with E-state index < -0.39 is 0 Å². The molecule has 2 aliphatic rings. The first kappa shape index (κ1) is 24.2. The minimum atomic E-state index is -0.160. The first-order valence-electron chi connectivity index (χ1n) is 12.4. The van der Waals surface area contributed by atoms with Gasteiger partial charge in [-0.25, -0.2) is 0 Å². The predicted octanol–water partition coefficient (Wildman–Crippen LogP) is 7.07. The zero-order chi connectivity index (χ0) is 20.5. The maximum Gasteiger partial charge on any atom is 0.0966 e. The average molecular weight is 397 g/mol. The average Bonchev–Trinajstić information content (AvgIpc) is 3.50. The van der Waals surface area contributed by atoms with Crippen LogP contribution >= 0.6 is 0 Å². The summed E-state index contributed by atoms with van der Waals surface area (Å²) in [5.41, 5.74) is -0.314. The lowest BCUT2D eigenvalue weighted by Crippen LogP contribution is -2.57. The van der Waals surface area contributed by atoms with Gasteiger partial charge in [0.25, 0.3) is 0 Å². The Kier molecular flexibility index (Phi) is 10.3. The van der Waals surface area contributed by atoms with E-state index in [1.807, 2.05) is 7.11 Å². The van der Waals surface area contributed by atoms with Crippen molar-refractivity contribution < 1.29 is 14.2 Å². The third-order valence-corrected chi connectivity index (χ3v) is 7.79. The molecule has 0 amide bonds. The van der Waals surface area contributed by atoms with Crippen LogP contribution in [0.4, 0.5) is 0 Å². The largest absolute Gasteiger partial charge is 0.375 e. The second-order valence-corrected chi connectivity index (χ2v) is 9.28. The van der Waals surface area contributed by atoms with Crippen molar-refractivity contribution in [3.63, 3.8) is 0 Å². The molecule has 0 aromatic rings. The number of unbranched alkanes of at least 4 members (excludes halogenated alkanes) is 5. The van der Waals surface area contributed by atoms with E-state index in [2.05, 4.69) is 27.7 Å². The molecule has 0 radical (unpaired) electrons. The number of rotatable bonds is 16. The van der Waals surface area contributed by atoms with Gasteiger partial charge in [-0.1, -0.05) is 59.3 Å². The number of epoxide rings is 1. The predicted molar refractivity (Wildman–Crippen MR) is 118 cm³/mol. The molecule has 0 bridgehead atoms. The van der Waals surface area contributed by atoms with E-state index in [1.165, 1.54) is 64.2 Å². The van der Waals surface area contributed by atoms with Crippen LogP contribution in [0, 0.1) is 5.92 Å². The van der Waals surface area contributed by atoms with Crippen molar-refractivity contribution in [2.45, 2.75) is 141 Å². The standard InChI is InChI=1S/C25H48O3/c1-6-10-11-12-13-14-18-25(26-5,24(7-2,8-3)27-9-4)19-17-21-15-16-22-23(20-21)28-22/h21-23H,6-20H2,1-5H3. The maximum absolute atomic E-state index is 6.50. The van der Waals surface area contributed by atoms with Gasteiger partial charge in [-0.05, 0) is 64.2 Å². The normalized spacial score (nSPS) is 26.7. The van der Waals surface area contributed by atoms with Gasteiger partial charge < -0.3 is 14.2 Å². The van der Waals surface area contributed by atoms with Crippen LogP contribution in [-0.4, -0.2) is 37.1 Å². The van der Waals surface area contributed by atoms with E-state index >= 15 is 0 Å². The van der Waals surface area contributed by atoms with Crippen LogP contribution in [0.2, 0.25) is 0 Å². The second kappa shape index (κ2) is 11.9. The lowest BCUT2D eigenvalue weighted by Gasteiger charge is -2.50. The van der Waals surface area contributed by atoms with E-state index in [0.29, 0.717) is 12.2 Å². The number of hydrogen-bond acceptors (Lipinski definition) is 3. The highest BCUT2D eigenvalue weighted by Gasteiger charge is 2.51. The molecule has 0 aromatic carbocycles. The topological polar surface area (TPSA) is 31.0 Å². The SMILES string of the molecule is CCCCCCCCC(CCC1CCC2OC2C1)(OC)C(CC)(CC)OCC. The van der Waals surface area contributed by atoms with Crippen molar-refractivity contribution in [1.82, 2.24) is 0 Å². The summed E-state index contributed by atoms with van der Waals surface area (Å²) in [7, 11) is 1.94. The fourth-order valence-electron chi connectivity index (χ4n) is 5.85. The molecule has 1 saturated carbocycles. The first-order chi connectivity index (χ1) is 13.6. The molecule has 1 heterocycles. The molecule has 1 aliphatic carbocycles. The van der Waals surface area contributed by atoms with E-state index in [0.717, 1.165) is 38.2 Å². The Labute approximate surface area is 175 Å². The Morgan fingerprint density at radius 1 is 0.821 bits per heavy atom. The Bertz CT molecular complexity index is 420. The summed E-state index contributed by atoms with van der Waals surface area (Å²) in [5.74, 6) is 0.802. The maximum atomic E-state index is 6.50. The molecule has 3 heteroatoms. The molecule has 28 heavy (non-hydrogen) atoms. The molecule has 0 aromatic heterocycles. The van der Waals surface area contributed by atoms with Crippen molar-refractivity contribution in [3.05, 3.63) is 0 Å². The van der Waals surface area contributed by atoms with Gasteiger partial charge in [-0.3, -0.25) is 0 Å². The monoisotopic (exact) mass is 396 g/mol. The second-order valence-electron chi connectivity index (χ2n) is 9.28. The van der Waals surface area contributed by atoms with Crippen LogP contribution < -0.4 is 0 Å². The first-order valence-corrected chi connectivity index (χ1v) is 12.4. The van der Waals surface area contributed by atoms with Crippen LogP contribution in [0.1, 0.15) is 118 Å². The van der Waals surface area contributed by atoms with Gasteiger partial charge in [0.05, 0.1) is 23.4 Å². The molecule has 166 valence electrons. The Hall–Kier alpha value is -0.120. The highest BCUT2D eigenvalue weighted by Crippen LogP contribution is 2.46. The van der Waals surface area contributed by atoms with Crippen LogP contribution in [-0.2, 0) is 14.2 Å². The zero-order valence-electron chi connectivity index (χ0n) is 19.6. The number of fused-ring (bicyclic) bond motifs is 1. The molecule has 2 rings (SSSR count). The Balaban J connectivity index is 2.02. The van der Waals surface area contributed by atoms with Crippen LogP contribution in [0.3, 0.4) is 0 Å². The summed E-state index contributed by atoms with van der Waals surface area (Å²) in [4.78, 5) is 0. The zero-order valence-corrected chi connectivity index (χ0v) is 19.6. The number of ether oxygens (including phenoxy) is 3. The lowest BCUT2D eigenvalue weighted by atomic mass is 9.70. The fourth-order valence-corrected chi connectivity index (χ4v) is 5.85. The molecule has 4 atom stereocenters. The fraction of sp³-hybridized carbons (Fsp3) is 1.00. The molecule has 0 spiro atoms. The smallest absolute Gasteiger partial charge is 0.0966 e. The number of methoxy groups -OCH3 is 1. The summed E-state index contributed by atoms with van der Waals surface area (Å²) in [6.45, 7) is 9.77. The lowest BCUT2D eigenvalue weighted by molar-refractivity contribution is -0.209. The minimum Gasteiger partial charge on any atom is -0.375 e. The minimum absolute atomic E-state index is 0.154. The van der Waals surface area contributed by atoms with Crippen molar-refractivity contribution in [3.8, 4) is 0 Å². The van der Waals surface area contributed by atoms with E-state index in [-0.39, 0.29) is 11.2 Å². The molecule has 1 saturated heterocycles. The van der Waals surface area contributed by atoms with Crippen molar-refractivity contribution in [2.24, 2.45) is 5.92 Å². The summed E-state index contributed by atoms with van der Waals surface area (Å²) < 4.78 is 18.7. The van der Waals surface area contributed by atoms with Crippen LogP contribution in [0.5, 0.6) is 0 Å². The highest BCUT2D eigenvalue weighted by atomic mass is 16.6. The molecule has 3 nitrogen and oxygen atoms in total. The molecule has 0 N–H and O–H groups in total. The van der Waals surface area contributed by atoms with E-state index in [4.69, 9.17) is 14.2 Å². The molecule has 2 fully saturated rings. The summed E-state index contributed by atoms with van der Waals surface area (Å²) >= 11 is 0. The third-order valence-electron chi connectivity index (χ3n) is 7.79. The van der Waals surface area contributed by atoms with Gasteiger partial charge in [-0.15, -0.1) is 0 Å². The van der Waals surface area contributed by atoms with Gasteiger partial charge in [0.1, 0.15) is 0 Å². The van der Waals surface area contributed by atoms with E-state index in [1.54, 1.807) is 0 Å². The Morgan fingerprint density at radius 2 is 1.54 bits per heavy atom. The quantitative estimate of drug-likeness (QED) is 0.206. The van der Waals surface area contributed by atoms with Crippen molar-refractivity contribution in [1.29, 1.82) is 0 Å². The summed E-state index contributed by atoms with van der Waals surface area (Å²) in [5, 5.41) is 0. The van der Waals surface area contributed by atoms with Gasteiger partial charge in [0.2, 0.25) is 0 Å². The van der Waals surface area contributed by atoms with Gasteiger partial charge in [0, 0.05) is 13.7 Å². The molecular weight excluding hydrogens is 348 g/mol. The summed E-state index contributed by atoms with van der Waals surface area (Å²) in [6.07, 6.45) is 18.6. The molecular formula is C25H48O3. The third kappa shape index (κ3) is 5.95. The Morgan fingerprint density at radius 3 is 2.14 bits per heavy atom. The van der Waals surface area contributed by atoms with Crippen LogP contribution in [0.25, 0.3) is 0 Å². The number of hydrogen-bond donors (Lipinski definition) is 0. The van der Waals surface area contributed by atoms with E-state index in [9.17, 15) is 0 Å². The molecule has 4 unspecified atom stereocenters. The van der Waals surface area contributed by atoms with Crippen molar-refractivity contribution in [2.75, 3.05) is 13.7 Å². The van der Waals surface area contributed by atoms with Gasteiger partial charge in [0.15, 0.2) is 0 Å². The highest BCUT2D eigenvalue weighted by molar-refractivity contribution is 5.02. The van der Waals surface area contributed by atoms with Gasteiger partial charge >= 0.3 is 0 Å². The van der Waals surface area contributed by atoms with Crippen molar-refractivity contribution >= 4 is 0 Å². The summed E-state index contributed by atoms with van der Waals surface area (Å²) in [6, 6.07) is 0. The van der Waals surface area contributed by atoms with Crippen LogP contribution in [0.15, 0.2) is 0 Å². The van der Waals surface area contributed by atoms with Gasteiger partial charge in [-0.2, -0.15) is 0 Å².